The van der Waals surface area contributed by atoms with Crippen LogP contribution in [0, 0.1) is 0 Å². The van der Waals surface area contributed by atoms with Crippen LogP contribution in [0.4, 0.5) is 17.2 Å². The number of hydrogen-bond acceptors (Lipinski definition) is 19. The maximum absolute atomic E-state index is 13.0. The SMILES string of the molecule is CC[N+]1=c2cc3c(cc2CCC1)=Nc1cc2c(cc1O3)N(CCCC(=O)NCCCCCCNc1ncnc3c1ncn3[C@@H]1O[C@H](COP(=O)(O)OP(=O)(O)OP(=O)(O)O)[C@@H](O)[C@H]1O)C(C)(C)CC2CS(=O)(=O)O. The number of ether oxygens (including phenoxy) is 2. The number of aromatic nitrogens is 4. The Hall–Kier alpha value is -4.34. The van der Waals surface area contributed by atoms with Crippen molar-refractivity contribution in [3.05, 3.63) is 58.8 Å². The number of phosphoric acid groups is 3. The fourth-order valence-corrected chi connectivity index (χ4v) is 13.8. The van der Waals surface area contributed by atoms with E-state index in [0.29, 0.717) is 61.0 Å². The van der Waals surface area contributed by atoms with Gasteiger partial charge in [0.2, 0.25) is 11.3 Å². The molecular weight excluding hydrogens is 1060 g/mol. The second kappa shape index (κ2) is 22.3. The molecule has 74 heavy (non-hydrogen) atoms. The quantitative estimate of drug-likeness (QED) is 0.0196. The summed E-state index contributed by atoms with van der Waals surface area (Å²) in [5.74, 6) is 0.562. The van der Waals surface area contributed by atoms with Crippen molar-refractivity contribution in [3.8, 4) is 11.5 Å². The standard InChI is InChI=1S/C43H60N9O18P3S/c1-4-50-15-9-11-26-17-29-33(19-31(26)50)67-34-20-32-28(18-30(34)49-29)27(23-74(63,64)65)21-43(2,3)52(32)16-10-12-36(53)44-13-7-5-6-8-14-45-40-37-41(47-24-46-40)51(25-48-37)42-39(55)38(54)35(68-42)22-66-72(59,60)70-73(61,62)69-71(56,57)58/h17-20,24-25,27,35,38-39,42,54-55H,4-16,21-23H2,1-3H3,(H6-,44,45,46,47,53,56,57,58,59,60,61,62,63,64,65)/p+1/t27?,35-,38-,39-,42-/m1/s1. The van der Waals surface area contributed by atoms with Crippen molar-refractivity contribution >= 4 is 67.8 Å². The van der Waals surface area contributed by atoms with Crippen molar-refractivity contribution in [2.24, 2.45) is 4.99 Å². The van der Waals surface area contributed by atoms with Gasteiger partial charge >= 0.3 is 23.5 Å². The van der Waals surface area contributed by atoms with E-state index >= 15 is 0 Å². The molecule has 6 heterocycles. The lowest BCUT2D eigenvalue weighted by Gasteiger charge is -2.48. The number of phosphoric ester groups is 1. The summed E-state index contributed by atoms with van der Waals surface area (Å²) in [4.78, 5) is 69.6. The molecule has 4 aliphatic rings. The van der Waals surface area contributed by atoms with Crippen LogP contribution in [0.2, 0.25) is 0 Å². The highest BCUT2D eigenvalue weighted by Crippen LogP contribution is 2.66. The van der Waals surface area contributed by atoms with E-state index in [2.05, 4.69) is 67.3 Å². The summed E-state index contributed by atoms with van der Waals surface area (Å²) in [6.07, 6.45) is 2.64. The molecule has 1 saturated heterocycles. The van der Waals surface area contributed by atoms with Crippen LogP contribution in [0.25, 0.3) is 11.2 Å². The zero-order valence-electron chi connectivity index (χ0n) is 40.7. The average Bonchev–Trinajstić information content (AvgIpc) is 3.85. The van der Waals surface area contributed by atoms with E-state index in [-0.39, 0.29) is 18.0 Å². The van der Waals surface area contributed by atoms with E-state index in [4.69, 9.17) is 24.3 Å². The van der Waals surface area contributed by atoms with Gasteiger partial charge in [-0.2, -0.15) is 17.0 Å². The van der Waals surface area contributed by atoms with Crippen LogP contribution < -0.4 is 35.6 Å². The largest absolute Gasteiger partial charge is 0.490 e. The summed E-state index contributed by atoms with van der Waals surface area (Å²) in [7, 11) is -21.2. The number of amides is 1. The van der Waals surface area contributed by atoms with Gasteiger partial charge in [-0.15, -0.1) is 0 Å². The van der Waals surface area contributed by atoms with Gasteiger partial charge in [0.25, 0.3) is 10.1 Å². The van der Waals surface area contributed by atoms with Crippen molar-refractivity contribution in [1.82, 2.24) is 29.4 Å². The van der Waals surface area contributed by atoms with E-state index in [1.54, 1.807) is 0 Å². The molecule has 4 aromatic rings. The predicted octanol–water partition coefficient (Wildman–Crippen LogP) is 2.83. The highest BCUT2D eigenvalue weighted by molar-refractivity contribution is 7.85. The fourth-order valence-electron chi connectivity index (χ4n) is 9.96. The Morgan fingerprint density at radius 2 is 1.70 bits per heavy atom. The number of benzene rings is 2. The third-order valence-corrected chi connectivity index (χ3v) is 17.9. The zero-order valence-corrected chi connectivity index (χ0v) is 44.2. The second-order valence-electron chi connectivity index (χ2n) is 19.1. The topological polar surface area (TPSA) is 376 Å². The van der Waals surface area contributed by atoms with Crippen molar-refractivity contribution < 1.29 is 83.9 Å². The Kier molecular flexibility index (Phi) is 16.9. The molecule has 31 heteroatoms. The number of nitrogens with one attached hydrogen (secondary N) is 2. The monoisotopic (exact) mass is 1120 g/mol. The average molecular weight is 1120 g/mol. The molecule has 1 amide bonds. The van der Waals surface area contributed by atoms with Crippen LogP contribution in [0.5, 0.6) is 11.5 Å². The van der Waals surface area contributed by atoms with Crippen molar-refractivity contribution in [3.63, 3.8) is 0 Å². The molecule has 0 saturated carbocycles. The first-order valence-electron chi connectivity index (χ1n) is 24.0. The van der Waals surface area contributed by atoms with Crippen LogP contribution in [-0.4, -0.2) is 137 Å². The van der Waals surface area contributed by atoms with E-state index in [0.717, 1.165) is 73.6 Å². The molecule has 3 unspecified atom stereocenters. The Balaban J connectivity index is 0.790. The Morgan fingerprint density at radius 3 is 2.43 bits per heavy atom. The number of rotatable bonds is 23. The smallest absolute Gasteiger partial charge is 0.452 e. The van der Waals surface area contributed by atoms with Crippen molar-refractivity contribution in [2.75, 3.05) is 55.3 Å². The molecule has 0 radical (unpaired) electrons. The lowest BCUT2D eigenvalue weighted by molar-refractivity contribution is -0.121. The van der Waals surface area contributed by atoms with Crippen LogP contribution in [0.3, 0.4) is 0 Å². The molecule has 27 nitrogen and oxygen atoms in total. The summed E-state index contributed by atoms with van der Waals surface area (Å²) in [6, 6.07) is 7.93. The molecule has 1 fully saturated rings. The van der Waals surface area contributed by atoms with Gasteiger partial charge in [0, 0.05) is 61.2 Å². The zero-order chi connectivity index (χ0) is 53.4. The highest BCUT2D eigenvalue weighted by Gasteiger charge is 2.47. The first kappa shape index (κ1) is 55.9. The van der Waals surface area contributed by atoms with Gasteiger partial charge in [-0.1, -0.05) is 12.8 Å². The molecule has 7 atom stereocenters. The third kappa shape index (κ3) is 13.4. The first-order valence-corrected chi connectivity index (χ1v) is 30.1. The predicted molar refractivity (Wildman–Crippen MR) is 264 cm³/mol. The number of hydrogen-bond donors (Lipinski definition) is 9. The summed E-state index contributed by atoms with van der Waals surface area (Å²) < 4.78 is 96.9. The second-order valence-corrected chi connectivity index (χ2v) is 25.0. The van der Waals surface area contributed by atoms with Crippen molar-refractivity contribution in [1.29, 1.82) is 0 Å². The van der Waals surface area contributed by atoms with Crippen molar-refractivity contribution in [2.45, 2.75) is 115 Å². The minimum absolute atomic E-state index is 0.0875. The molecule has 4 aliphatic heterocycles. The maximum Gasteiger partial charge on any atom is 0.490 e. The number of nitrogens with zero attached hydrogens (tertiary/aromatic N) is 7. The summed E-state index contributed by atoms with van der Waals surface area (Å²) in [6.45, 7) is 8.55. The van der Waals surface area contributed by atoms with E-state index in [9.17, 15) is 51.5 Å². The van der Waals surface area contributed by atoms with Gasteiger partial charge < -0.3 is 54.8 Å². The normalized spacial score (nSPS) is 22.9. The Bertz CT molecular complexity index is 3160. The van der Waals surface area contributed by atoms with Crippen LogP contribution in [0.1, 0.15) is 95.4 Å². The van der Waals surface area contributed by atoms with Gasteiger partial charge in [-0.25, -0.2) is 38.2 Å². The maximum atomic E-state index is 13.0. The molecule has 2 aromatic heterocycles. The molecule has 2 aromatic carbocycles. The number of anilines is 2. The number of aryl methyl sites for hydroxylation is 1. The molecule has 8 rings (SSSR count). The third-order valence-electron chi connectivity index (χ3n) is 13.2. The van der Waals surface area contributed by atoms with Crippen LogP contribution >= 0.6 is 23.5 Å². The van der Waals surface area contributed by atoms with Gasteiger partial charge in [0.15, 0.2) is 34.7 Å². The minimum atomic E-state index is -5.78. The van der Waals surface area contributed by atoms with Gasteiger partial charge in [-0.05, 0) is 70.6 Å². The van der Waals surface area contributed by atoms with Crippen LogP contribution in [0.15, 0.2) is 41.9 Å². The Labute approximate surface area is 424 Å². The minimum Gasteiger partial charge on any atom is -0.452 e. The van der Waals surface area contributed by atoms with Gasteiger partial charge in [0.05, 0.1) is 24.8 Å². The number of imidazole rings is 1. The number of aliphatic hydroxyl groups is 2. The lowest BCUT2D eigenvalue weighted by Crippen LogP contribution is -2.50. The summed E-state index contributed by atoms with van der Waals surface area (Å²) in [5, 5.41) is 29.4. The number of aliphatic hydroxyl groups excluding tert-OH is 2. The fraction of sp³-hybridized carbons (Fsp3) is 0.581. The van der Waals surface area contributed by atoms with Gasteiger partial charge in [0.1, 0.15) is 48.8 Å². The molecular formula is C43H61N9O18P3S+. The van der Waals surface area contributed by atoms with Gasteiger partial charge in [-0.3, -0.25) is 18.4 Å². The number of fused-ring (bicyclic) bond motifs is 5. The first-order chi connectivity index (χ1) is 34.8. The number of carbonyl (C=O) groups excluding carboxylic acids is 1. The number of unbranched alkanes of at least 4 members (excludes halogenated alkanes) is 3. The van der Waals surface area contributed by atoms with E-state index in [1.165, 1.54) is 22.8 Å². The highest BCUT2D eigenvalue weighted by atomic mass is 32.2. The summed E-state index contributed by atoms with van der Waals surface area (Å²) >= 11 is 0. The van der Waals surface area contributed by atoms with E-state index < -0.39 is 81.9 Å². The summed E-state index contributed by atoms with van der Waals surface area (Å²) in [5.41, 5.74) is 3.30. The molecule has 0 spiro atoms. The molecule has 0 aliphatic carbocycles. The van der Waals surface area contributed by atoms with Crippen LogP contribution in [-0.2, 0) is 52.9 Å². The molecule has 9 N–H and O–H groups in total. The lowest BCUT2D eigenvalue weighted by atomic mass is 9.79. The Morgan fingerprint density at radius 1 is 0.946 bits per heavy atom. The van der Waals surface area contributed by atoms with E-state index in [1.807, 2.05) is 26.0 Å². The molecule has 406 valence electrons. The molecule has 0 bridgehead atoms. The number of carbonyl (C=O) groups is 1.